The van der Waals surface area contributed by atoms with Crippen LogP contribution in [0.3, 0.4) is 0 Å². The molecule has 0 bridgehead atoms. The van der Waals surface area contributed by atoms with Crippen LogP contribution in [-0.4, -0.2) is 11.9 Å². The molecule has 0 spiro atoms. The monoisotopic (exact) mass is 236 g/mol. The number of amides is 1. The van der Waals surface area contributed by atoms with Crippen LogP contribution >= 0.6 is 0 Å². The number of para-hydroxylation sites is 2. The van der Waals surface area contributed by atoms with E-state index in [2.05, 4.69) is 10.3 Å². The Morgan fingerprint density at radius 2 is 1.72 bits per heavy atom. The second-order valence-electron chi connectivity index (χ2n) is 4.15. The van der Waals surface area contributed by atoms with Crippen molar-refractivity contribution in [2.45, 2.75) is 6.04 Å². The van der Waals surface area contributed by atoms with Gasteiger partial charge in [-0.25, -0.2) is 0 Å². The molecule has 2 aromatic carbocycles. The van der Waals surface area contributed by atoms with Crippen molar-refractivity contribution in [1.82, 2.24) is 0 Å². The topological polar surface area (TPSA) is 41.5 Å². The van der Waals surface area contributed by atoms with Crippen molar-refractivity contribution < 1.29 is 4.79 Å². The molecule has 1 atom stereocenters. The number of benzene rings is 2. The zero-order valence-electron chi connectivity index (χ0n) is 9.71. The molecule has 1 N–H and O–H groups in total. The Morgan fingerprint density at radius 3 is 2.50 bits per heavy atom. The summed E-state index contributed by atoms with van der Waals surface area (Å²) < 4.78 is 0. The van der Waals surface area contributed by atoms with Crippen molar-refractivity contribution in [1.29, 1.82) is 0 Å². The number of hydrogen-bond donors (Lipinski definition) is 1. The van der Waals surface area contributed by atoms with Crippen LogP contribution in [-0.2, 0) is 4.79 Å². The average Bonchev–Trinajstić information content (AvgIpc) is 2.84. The van der Waals surface area contributed by atoms with E-state index in [4.69, 9.17) is 0 Å². The Labute approximate surface area is 104 Å². The predicted molar refractivity (Wildman–Crippen MR) is 70.5 cm³/mol. The van der Waals surface area contributed by atoms with E-state index >= 15 is 0 Å². The number of rotatable bonds is 2. The van der Waals surface area contributed by atoms with Crippen LogP contribution in [0.25, 0.3) is 6.08 Å². The van der Waals surface area contributed by atoms with E-state index in [0.717, 1.165) is 16.3 Å². The summed E-state index contributed by atoms with van der Waals surface area (Å²) in [5.74, 6) is -0.0996. The molecule has 0 saturated heterocycles. The molecule has 1 aliphatic heterocycles. The van der Waals surface area contributed by atoms with Gasteiger partial charge in [0.2, 0.25) is 0 Å². The van der Waals surface area contributed by atoms with Gasteiger partial charge in [0.25, 0.3) is 5.91 Å². The normalized spacial score (nSPS) is 16.3. The van der Waals surface area contributed by atoms with Crippen molar-refractivity contribution in [3.63, 3.8) is 0 Å². The first-order valence-electron chi connectivity index (χ1n) is 5.83. The highest BCUT2D eigenvalue weighted by atomic mass is 16.2. The van der Waals surface area contributed by atoms with Gasteiger partial charge in [0.1, 0.15) is 6.04 Å². The van der Waals surface area contributed by atoms with Gasteiger partial charge < -0.3 is 5.32 Å². The lowest BCUT2D eigenvalue weighted by Crippen LogP contribution is -2.23. The number of nitrogens with one attached hydrogen (secondary N) is 1. The first kappa shape index (κ1) is 10.7. The maximum Gasteiger partial charge on any atom is 0.253 e. The zero-order valence-corrected chi connectivity index (χ0v) is 9.71. The highest BCUT2D eigenvalue weighted by Crippen LogP contribution is 2.07. The van der Waals surface area contributed by atoms with Gasteiger partial charge in [-0.3, -0.25) is 9.79 Å². The second-order valence-corrected chi connectivity index (χ2v) is 4.15. The standard InChI is InChI=1S/C15H12N2O/c18-15(16-12-7-2-1-3-8-12)14-10-11-6-4-5-9-13(11)17-14/h1-10,14H,(H,16,18). The minimum absolute atomic E-state index is 0.0996. The Hall–Kier alpha value is -2.42. The third kappa shape index (κ3) is 2.02. The third-order valence-corrected chi connectivity index (χ3v) is 2.86. The van der Waals surface area contributed by atoms with Gasteiger partial charge in [0.05, 0.1) is 5.36 Å². The SMILES string of the molecule is O=C(Nc1ccccc1)C1C=c2ccccc2=N1. The molecule has 3 heteroatoms. The molecule has 1 amide bonds. The maximum atomic E-state index is 12.0. The number of anilines is 1. The lowest BCUT2D eigenvalue weighted by atomic mass is 10.2. The van der Waals surface area contributed by atoms with Crippen molar-refractivity contribution in [3.8, 4) is 0 Å². The van der Waals surface area contributed by atoms with Gasteiger partial charge in [0.15, 0.2) is 0 Å². The fourth-order valence-electron chi connectivity index (χ4n) is 1.98. The van der Waals surface area contributed by atoms with Crippen LogP contribution in [0, 0.1) is 0 Å². The van der Waals surface area contributed by atoms with E-state index in [9.17, 15) is 4.79 Å². The maximum absolute atomic E-state index is 12.0. The fourth-order valence-corrected chi connectivity index (χ4v) is 1.98. The molecule has 1 aliphatic rings. The summed E-state index contributed by atoms with van der Waals surface area (Å²) in [5, 5.41) is 4.75. The highest BCUT2D eigenvalue weighted by molar-refractivity contribution is 5.99. The summed E-state index contributed by atoms with van der Waals surface area (Å²) in [4.78, 5) is 16.4. The van der Waals surface area contributed by atoms with Gasteiger partial charge in [-0.2, -0.15) is 0 Å². The second kappa shape index (κ2) is 4.45. The van der Waals surface area contributed by atoms with E-state index in [1.807, 2.05) is 60.7 Å². The minimum Gasteiger partial charge on any atom is -0.324 e. The molecular formula is C15H12N2O. The van der Waals surface area contributed by atoms with Crippen LogP contribution in [0.2, 0.25) is 0 Å². The summed E-state index contributed by atoms with van der Waals surface area (Å²) in [6, 6.07) is 16.7. The predicted octanol–water partition coefficient (Wildman–Crippen LogP) is 1.11. The first-order chi connectivity index (χ1) is 8.83. The highest BCUT2D eigenvalue weighted by Gasteiger charge is 2.17. The summed E-state index contributed by atoms with van der Waals surface area (Å²) in [7, 11) is 0. The van der Waals surface area contributed by atoms with Crippen LogP contribution in [0.1, 0.15) is 0 Å². The van der Waals surface area contributed by atoms with Gasteiger partial charge in [-0.15, -0.1) is 0 Å². The molecule has 0 fully saturated rings. The summed E-state index contributed by atoms with van der Waals surface area (Å²) >= 11 is 0. The van der Waals surface area contributed by atoms with Crippen molar-refractivity contribution in [2.24, 2.45) is 4.99 Å². The van der Waals surface area contributed by atoms with E-state index in [1.165, 1.54) is 0 Å². The largest absolute Gasteiger partial charge is 0.324 e. The molecule has 0 aromatic heterocycles. The molecule has 1 unspecified atom stereocenters. The van der Waals surface area contributed by atoms with E-state index < -0.39 is 6.04 Å². The first-order valence-corrected chi connectivity index (χ1v) is 5.83. The average molecular weight is 236 g/mol. The van der Waals surface area contributed by atoms with Crippen LogP contribution in [0.15, 0.2) is 59.6 Å². The molecule has 0 radical (unpaired) electrons. The number of hydrogen-bond acceptors (Lipinski definition) is 2. The lowest BCUT2D eigenvalue weighted by Gasteiger charge is -2.06. The third-order valence-electron chi connectivity index (χ3n) is 2.86. The molecule has 1 heterocycles. The number of nitrogens with zero attached hydrogens (tertiary/aromatic N) is 1. The Kier molecular flexibility index (Phi) is 2.65. The molecule has 0 saturated carbocycles. The molecule has 3 nitrogen and oxygen atoms in total. The zero-order chi connectivity index (χ0) is 12.4. The smallest absolute Gasteiger partial charge is 0.253 e. The molecule has 3 rings (SSSR count). The molecule has 88 valence electrons. The van der Waals surface area contributed by atoms with E-state index in [-0.39, 0.29) is 5.91 Å². The van der Waals surface area contributed by atoms with Gasteiger partial charge >= 0.3 is 0 Å². The molecule has 18 heavy (non-hydrogen) atoms. The molecule has 0 aliphatic carbocycles. The lowest BCUT2D eigenvalue weighted by molar-refractivity contribution is -0.116. The van der Waals surface area contributed by atoms with E-state index in [1.54, 1.807) is 0 Å². The Balaban J connectivity index is 1.82. The van der Waals surface area contributed by atoms with Gasteiger partial charge in [-0.05, 0) is 29.5 Å². The van der Waals surface area contributed by atoms with Crippen molar-refractivity contribution in [2.75, 3.05) is 5.32 Å². The summed E-state index contributed by atoms with van der Waals surface area (Å²) in [6.45, 7) is 0. The Morgan fingerprint density at radius 1 is 1.00 bits per heavy atom. The quantitative estimate of drug-likeness (QED) is 0.833. The van der Waals surface area contributed by atoms with Crippen LogP contribution < -0.4 is 15.9 Å². The summed E-state index contributed by atoms with van der Waals surface area (Å²) in [5.41, 5.74) is 0.794. The van der Waals surface area contributed by atoms with Gasteiger partial charge in [0, 0.05) is 5.69 Å². The number of carbonyl (C=O) groups excluding carboxylic acids is 1. The summed E-state index contributed by atoms with van der Waals surface area (Å²) in [6.07, 6.45) is 1.88. The van der Waals surface area contributed by atoms with E-state index in [0.29, 0.717) is 0 Å². The van der Waals surface area contributed by atoms with Crippen LogP contribution in [0.4, 0.5) is 5.69 Å². The number of carbonyl (C=O) groups is 1. The van der Waals surface area contributed by atoms with Crippen molar-refractivity contribution >= 4 is 17.7 Å². The van der Waals surface area contributed by atoms with Crippen LogP contribution in [0.5, 0.6) is 0 Å². The fraction of sp³-hybridized carbons (Fsp3) is 0.0667. The van der Waals surface area contributed by atoms with Crippen molar-refractivity contribution in [3.05, 3.63) is 65.2 Å². The van der Waals surface area contributed by atoms with Gasteiger partial charge in [-0.1, -0.05) is 36.4 Å². The Bertz CT molecular complexity index is 657. The molecule has 2 aromatic rings. The minimum atomic E-state index is -0.428. The number of fused-ring (bicyclic) bond motifs is 1. The molecular weight excluding hydrogens is 224 g/mol.